The molecule has 0 heterocycles. The quantitative estimate of drug-likeness (QED) is 0.902. The highest BCUT2D eigenvalue weighted by molar-refractivity contribution is 7.89. The largest absolute Gasteiger partial charge is 0.391 e. The van der Waals surface area contributed by atoms with E-state index < -0.39 is 22.2 Å². The van der Waals surface area contributed by atoms with Gasteiger partial charge in [-0.25, -0.2) is 13.1 Å². The molecule has 0 bridgehead atoms. The Morgan fingerprint density at radius 1 is 1.00 bits per heavy atom. The molecule has 3 rings (SSSR count). The van der Waals surface area contributed by atoms with Crippen molar-refractivity contribution in [3.8, 4) is 0 Å². The lowest BCUT2D eigenvalue weighted by molar-refractivity contribution is 0.151. The third-order valence-corrected chi connectivity index (χ3v) is 5.00. The number of hydrogen-bond acceptors (Lipinski definition) is 3. The van der Waals surface area contributed by atoms with E-state index >= 15 is 0 Å². The van der Waals surface area contributed by atoms with Crippen LogP contribution in [-0.4, -0.2) is 19.6 Å². The summed E-state index contributed by atoms with van der Waals surface area (Å²) in [5, 5.41) is 10.1. The van der Waals surface area contributed by atoms with Gasteiger partial charge in [-0.05, 0) is 23.3 Å². The fraction of sp³-hybridized carbons (Fsp3) is 0.200. The third kappa shape index (κ3) is 2.35. The maximum Gasteiger partial charge on any atom is 0.241 e. The van der Waals surface area contributed by atoms with Crippen LogP contribution >= 0.6 is 0 Å². The number of aliphatic hydroxyl groups is 1. The van der Waals surface area contributed by atoms with Gasteiger partial charge in [-0.3, -0.25) is 0 Å². The van der Waals surface area contributed by atoms with E-state index in [1.165, 1.54) is 12.1 Å². The molecule has 1 aliphatic carbocycles. The Kier molecular flexibility index (Phi) is 3.33. The molecule has 0 saturated heterocycles. The molecule has 0 saturated carbocycles. The lowest BCUT2D eigenvalue weighted by Crippen LogP contribution is -2.33. The molecule has 20 heavy (non-hydrogen) atoms. The standard InChI is InChI=1S/C15H15NO3S/c17-14-10-11-6-4-5-9-13(11)15(14)16-20(18,19)12-7-2-1-3-8-12/h1-9,14-17H,10H2/t14-,15+/m1/s1. The minimum atomic E-state index is -3.63. The molecule has 0 radical (unpaired) electrons. The van der Waals surface area contributed by atoms with Crippen LogP contribution in [0.1, 0.15) is 17.2 Å². The summed E-state index contributed by atoms with van der Waals surface area (Å²) in [7, 11) is -3.63. The second-order valence-corrected chi connectivity index (χ2v) is 6.60. The van der Waals surface area contributed by atoms with E-state index in [2.05, 4.69) is 4.72 Å². The molecule has 5 heteroatoms. The average Bonchev–Trinajstić information content (AvgIpc) is 2.76. The van der Waals surface area contributed by atoms with Gasteiger partial charge in [0.05, 0.1) is 17.0 Å². The maximum absolute atomic E-state index is 12.3. The minimum Gasteiger partial charge on any atom is -0.391 e. The van der Waals surface area contributed by atoms with Gasteiger partial charge in [0.1, 0.15) is 0 Å². The molecule has 2 aromatic carbocycles. The van der Waals surface area contributed by atoms with E-state index in [9.17, 15) is 13.5 Å². The van der Waals surface area contributed by atoms with Gasteiger partial charge in [0.25, 0.3) is 0 Å². The number of hydrogen-bond donors (Lipinski definition) is 2. The SMILES string of the molecule is O=S(=O)(N[C@H]1c2ccccc2C[C@H]1O)c1ccccc1. The summed E-state index contributed by atoms with van der Waals surface area (Å²) in [5.41, 5.74) is 1.83. The van der Waals surface area contributed by atoms with Gasteiger partial charge in [0.15, 0.2) is 0 Å². The van der Waals surface area contributed by atoms with E-state index in [4.69, 9.17) is 0 Å². The summed E-state index contributed by atoms with van der Waals surface area (Å²) in [5.74, 6) is 0. The molecule has 0 aromatic heterocycles. The van der Waals surface area contributed by atoms with Crippen LogP contribution in [0.2, 0.25) is 0 Å². The van der Waals surface area contributed by atoms with Crippen molar-refractivity contribution >= 4 is 10.0 Å². The second kappa shape index (κ2) is 5.01. The van der Waals surface area contributed by atoms with Gasteiger partial charge in [0, 0.05) is 6.42 Å². The van der Waals surface area contributed by atoms with Crippen molar-refractivity contribution < 1.29 is 13.5 Å². The molecular weight excluding hydrogens is 274 g/mol. The van der Waals surface area contributed by atoms with Crippen LogP contribution in [0.5, 0.6) is 0 Å². The Balaban J connectivity index is 1.92. The first-order chi connectivity index (χ1) is 9.58. The van der Waals surface area contributed by atoms with Gasteiger partial charge in [-0.1, -0.05) is 42.5 Å². The van der Waals surface area contributed by atoms with E-state index in [1.807, 2.05) is 24.3 Å². The zero-order chi connectivity index (χ0) is 14.2. The number of sulfonamides is 1. The first kappa shape index (κ1) is 13.3. The minimum absolute atomic E-state index is 0.205. The molecule has 0 aliphatic heterocycles. The van der Waals surface area contributed by atoms with Crippen molar-refractivity contribution in [1.29, 1.82) is 0 Å². The first-order valence-electron chi connectivity index (χ1n) is 6.41. The third-order valence-electron chi connectivity index (χ3n) is 3.54. The van der Waals surface area contributed by atoms with Crippen LogP contribution < -0.4 is 4.72 Å². The van der Waals surface area contributed by atoms with Crippen molar-refractivity contribution in [3.63, 3.8) is 0 Å². The molecule has 1 aliphatic rings. The normalized spacial score (nSPS) is 21.6. The lowest BCUT2D eigenvalue weighted by atomic mass is 10.1. The number of aliphatic hydroxyl groups excluding tert-OH is 1. The first-order valence-corrected chi connectivity index (χ1v) is 7.89. The van der Waals surface area contributed by atoms with Crippen LogP contribution in [-0.2, 0) is 16.4 Å². The zero-order valence-corrected chi connectivity index (χ0v) is 11.5. The molecule has 2 N–H and O–H groups in total. The molecule has 104 valence electrons. The van der Waals surface area contributed by atoms with Gasteiger partial charge < -0.3 is 5.11 Å². The highest BCUT2D eigenvalue weighted by atomic mass is 32.2. The Morgan fingerprint density at radius 3 is 2.40 bits per heavy atom. The molecule has 0 spiro atoms. The maximum atomic E-state index is 12.3. The average molecular weight is 289 g/mol. The smallest absolute Gasteiger partial charge is 0.241 e. The summed E-state index contributed by atoms with van der Waals surface area (Å²) in [6, 6.07) is 15.1. The predicted molar refractivity (Wildman–Crippen MR) is 75.7 cm³/mol. The predicted octanol–water partition coefficient (Wildman–Crippen LogP) is 1.62. The van der Waals surface area contributed by atoms with Crippen molar-refractivity contribution in [2.45, 2.75) is 23.5 Å². The van der Waals surface area contributed by atoms with Crippen molar-refractivity contribution in [3.05, 3.63) is 65.7 Å². The number of rotatable bonds is 3. The number of nitrogens with one attached hydrogen (secondary N) is 1. The van der Waals surface area contributed by atoms with Gasteiger partial charge in [-0.15, -0.1) is 0 Å². The van der Waals surface area contributed by atoms with Gasteiger partial charge >= 0.3 is 0 Å². The summed E-state index contributed by atoms with van der Waals surface area (Å²) in [6.07, 6.45) is -0.260. The lowest BCUT2D eigenvalue weighted by Gasteiger charge is -2.18. The van der Waals surface area contributed by atoms with E-state index in [1.54, 1.807) is 18.2 Å². The highest BCUT2D eigenvalue weighted by Gasteiger charge is 2.34. The van der Waals surface area contributed by atoms with Crippen LogP contribution in [0.4, 0.5) is 0 Å². The molecule has 0 unspecified atom stereocenters. The fourth-order valence-electron chi connectivity index (χ4n) is 2.55. The summed E-state index contributed by atoms with van der Waals surface area (Å²) in [6.45, 7) is 0. The van der Waals surface area contributed by atoms with Gasteiger partial charge in [-0.2, -0.15) is 0 Å². The summed E-state index contributed by atoms with van der Waals surface area (Å²) in [4.78, 5) is 0.205. The summed E-state index contributed by atoms with van der Waals surface area (Å²) >= 11 is 0. The monoisotopic (exact) mass is 289 g/mol. The topological polar surface area (TPSA) is 66.4 Å². The Hall–Kier alpha value is -1.69. The number of benzene rings is 2. The van der Waals surface area contributed by atoms with E-state index in [0.29, 0.717) is 6.42 Å². The van der Waals surface area contributed by atoms with E-state index in [-0.39, 0.29) is 4.90 Å². The van der Waals surface area contributed by atoms with Crippen molar-refractivity contribution in [2.24, 2.45) is 0 Å². The molecular formula is C15H15NO3S. The fourth-order valence-corrected chi connectivity index (χ4v) is 3.82. The Morgan fingerprint density at radius 2 is 1.65 bits per heavy atom. The Labute approximate surface area is 118 Å². The highest BCUT2D eigenvalue weighted by Crippen LogP contribution is 2.32. The molecule has 2 atom stereocenters. The van der Waals surface area contributed by atoms with E-state index in [0.717, 1.165) is 11.1 Å². The molecule has 4 nitrogen and oxygen atoms in total. The van der Waals surface area contributed by atoms with Crippen LogP contribution in [0, 0.1) is 0 Å². The Bertz CT molecular complexity index is 713. The van der Waals surface area contributed by atoms with Gasteiger partial charge in [0.2, 0.25) is 10.0 Å². The van der Waals surface area contributed by atoms with Crippen molar-refractivity contribution in [2.75, 3.05) is 0 Å². The molecule has 0 amide bonds. The molecule has 2 aromatic rings. The van der Waals surface area contributed by atoms with Crippen molar-refractivity contribution in [1.82, 2.24) is 4.72 Å². The van der Waals surface area contributed by atoms with Crippen LogP contribution in [0.15, 0.2) is 59.5 Å². The van der Waals surface area contributed by atoms with Crippen LogP contribution in [0.25, 0.3) is 0 Å². The summed E-state index contributed by atoms with van der Waals surface area (Å²) < 4.78 is 27.2. The molecule has 0 fully saturated rings. The van der Waals surface area contributed by atoms with Crippen LogP contribution in [0.3, 0.4) is 0 Å². The number of fused-ring (bicyclic) bond motifs is 1. The second-order valence-electron chi connectivity index (χ2n) is 4.88. The zero-order valence-electron chi connectivity index (χ0n) is 10.7.